The summed E-state index contributed by atoms with van der Waals surface area (Å²) in [6.45, 7) is 2.91. The third kappa shape index (κ3) is 2.51. The van der Waals surface area contributed by atoms with Crippen LogP contribution in [0.2, 0.25) is 0 Å². The van der Waals surface area contributed by atoms with E-state index < -0.39 is 0 Å². The summed E-state index contributed by atoms with van der Waals surface area (Å²) in [6, 6.07) is 14.7. The van der Waals surface area contributed by atoms with Gasteiger partial charge in [-0.15, -0.1) is 0 Å². The maximum atomic E-state index is 3.56. The highest BCUT2D eigenvalue weighted by Crippen LogP contribution is 2.22. The second-order valence-corrected chi connectivity index (χ2v) is 5.53. The maximum Gasteiger partial charge on any atom is 0.0457 e. The van der Waals surface area contributed by atoms with Gasteiger partial charge in [0.05, 0.1) is 0 Å². The number of H-pyrrole nitrogens is 1. The van der Waals surface area contributed by atoms with Crippen molar-refractivity contribution in [3.05, 3.63) is 64.3 Å². The van der Waals surface area contributed by atoms with Gasteiger partial charge < -0.3 is 10.3 Å². The molecule has 19 heavy (non-hydrogen) atoms. The van der Waals surface area contributed by atoms with Gasteiger partial charge in [-0.2, -0.15) is 0 Å². The number of hydrogen-bond acceptors (Lipinski definition) is 1. The quantitative estimate of drug-likeness (QED) is 0.710. The number of nitrogens with one attached hydrogen (secondary N) is 2. The summed E-state index contributed by atoms with van der Waals surface area (Å²) in [4.78, 5) is 3.30. The van der Waals surface area contributed by atoms with E-state index in [-0.39, 0.29) is 0 Å². The van der Waals surface area contributed by atoms with Gasteiger partial charge in [-0.1, -0.05) is 40.2 Å². The highest BCUT2D eigenvalue weighted by molar-refractivity contribution is 9.10. The zero-order valence-electron chi connectivity index (χ0n) is 10.7. The third-order valence-electron chi connectivity index (χ3n) is 3.33. The van der Waals surface area contributed by atoms with Crippen LogP contribution in [-0.2, 0) is 6.54 Å². The molecule has 0 radical (unpaired) electrons. The highest BCUT2D eigenvalue weighted by atomic mass is 79.9. The minimum Gasteiger partial charge on any atom is -0.381 e. The normalized spacial score (nSPS) is 10.8. The largest absolute Gasteiger partial charge is 0.381 e. The van der Waals surface area contributed by atoms with E-state index in [1.807, 2.05) is 6.07 Å². The van der Waals surface area contributed by atoms with Crippen molar-refractivity contribution < 1.29 is 0 Å². The van der Waals surface area contributed by atoms with Crippen LogP contribution in [0, 0.1) is 6.92 Å². The zero-order chi connectivity index (χ0) is 13.2. The number of aryl methyl sites for hydroxylation is 1. The van der Waals surface area contributed by atoms with Crippen molar-refractivity contribution in [2.75, 3.05) is 5.32 Å². The molecular weight excluding hydrogens is 300 g/mol. The molecule has 2 N–H and O–H groups in total. The summed E-state index contributed by atoms with van der Waals surface area (Å²) in [5.74, 6) is 0. The highest BCUT2D eigenvalue weighted by Gasteiger charge is 2.03. The van der Waals surface area contributed by atoms with Crippen LogP contribution in [0.3, 0.4) is 0 Å². The van der Waals surface area contributed by atoms with Crippen molar-refractivity contribution >= 4 is 32.5 Å². The Hall–Kier alpha value is -1.74. The molecule has 2 aromatic carbocycles. The molecule has 0 fully saturated rings. The van der Waals surface area contributed by atoms with Crippen molar-refractivity contribution in [2.24, 2.45) is 0 Å². The topological polar surface area (TPSA) is 27.8 Å². The first-order chi connectivity index (χ1) is 9.24. The van der Waals surface area contributed by atoms with Crippen molar-refractivity contribution in [2.45, 2.75) is 13.5 Å². The fraction of sp³-hybridized carbons (Fsp3) is 0.125. The number of aromatic nitrogens is 1. The van der Waals surface area contributed by atoms with E-state index in [1.165, 1.54) is 22.0 Å². The lowest BCUT2D eigenvalue weighted by Crippen LogP contribution is -1.98. The van der Waals surface area contributed by atoms with Crippen molar-refractivity contribution in [1.82, 2.24) is 4.98 Å². The van der Waals surface area contributed by atoms with Gasteiger partial charge in [0.1, 0.15) is 0 Å². The van der Waals surface area contributed by atoms with Crippen LogP contribution in [0.5, 0.6) is 0 Å². The molecule has 3 heteroatoms. The van der Waals surface area contributed by atoms with Gasteiger partial charge in [-0.3, -0.25) is 0 Å². The van der Waals surface area contributed by atoms with Gasteiger partial charge in [-0.05, 0) is 36.2 Å². The molecule has 0 amide bonds. The van der Waals surface area contributed by atoms with Crippen LogP contribution in [0.1, 0.15) is 11.1 Å². The molecule has 0 bridgehead atoms. The molecule has 1 heterocycles. The van der Waals surface area contributed by atoms with Gasteiger partial charge in [0, 0.05) is 33.8 Å². The van der Waals surface area contributed by atoms with Crippen LogP contribution < -0.4 is 5.32 Å². The van der Waals surface area contributed by atoms with Crippen LogP contribution in [0.15, 0.2) is 53.1 Å². The second kappa shape index (κ2) is 5.10. The summed E-state index contributed by atoms with van der Waals surface area (Å²) in [6.07, 6.45) is 2.07. The van der Waals surface area contributed by atoms with E-state index in [0.29, 0.717) is 0 Å². The van der Waals surface area contributed by atoms with E-state index in [9.17, 15) is 0 Å². The Morgan fingerprint density at radius 1 is 1.16 bits per heavy atom. The molecule has 0 spiro atoms. The standard InChI is InChI=1S/C16H15BrN2/c1-11-6-7-13(8-15(11)17)18-9-12-10-19-16-5-3-2-4-14(12)16/h2-8,10,18-19H,9H2,1H3. The molecule has 0 saturated heterocycles. The summed E-state index contributed by atoms with van der Waals surface area (Å²) in [5.41, 5.74) is 4.84. The summed E-state index contributed by atoms with van der Waals surface area (Å²) >= 11 is 3.56. The number of aromatic amines is 1. The molecule has 96 valence electrons. The van der Waals surface area contributed by atoms with E-state index in [2.05, 4.69) is 75.7 Å². The summed E-state index contributed by atoms with van der Waals surface area (Å²) in [5, 5.41) is 4.74. The minimum absolute atomic E-state index is 0.819. The van der Waals surface area contributed by atoms with Gasteiger partial charge in [0.2, 0.25) is 0 Å². The van der Waals surface area contributed by atoms with Gasteiger partial charge >= 0.3 is 0 Å². The summed E-state index contributed by atoms with van der Waals surface area (Å²) in [7, 11) is 0. The Kier molecular flexibility index (Phi) is 3.30. The molecule has 0 aliphatic heterocycles. The third-order valence-corrected chi connectivity index (χ3v) is 4.18. The number of rotatable bonds is 3. The molecule has 0 aliphatic carbocycles. The molecule has 0 aliphatic rings. The Bertz CT molecular complexity index is 716. The molecule has 0 atom stereocenters. The average Bonchev–Trinajstić information content (AvgIpc) is 2.83. The monoisotopic (exact) mass is 314 g/mol. The lowest BCUT2D eigenvalue weighted by atomic mass is 10.1. The zero-order valence-corrected chi connectivity index (χ0v) is 12.3. The SMILES string of the molecule is Cc1ccc(NCc2c[nH]c3ccccc23)cc1Br. The number of halogens is 1. The molecule has 2 nitrogen and oxygen atoms in total. The second-order valence-electron chi connectivity index (χ2n) is 4.68. The molecular formula is C16H15BrN2. The van der Waals surface area contributed by atoms with E-state index in [1.54, 1.807) is 0 Å². The van der Waals surface area contributed by atoms with E-state index in [4.69, 9.17) is 0 Å². The average molecular weight is 315 g/mol. The molecule has 0 unspecified atom stereocenters. The molecule has 1 aromatic heterocycles. The molecule has 3 rings (SSSR count). The van der Waals surface area contributed by atoms with Crippen molar-refractivity contribution in [1.29, 1.82) is 0 Å². The van der Waals surface area contributed by atoms with Gasteiger partial charge in [0.15, 0.2) is 0 Å². The fourth-order valence-electron chi connectivity index (χ4n) is 2.18. The van der Waals surface area contributed by atoms with Crippen LogP contribution in [0.25, 0.3) is 10.9 Å². The molecule has 0 saturated carbocycles. The van der Waals surface area contributed by atoms with Crippen LogP contribution in [0.4, 0.5) is 5.69 Å². The maximum absolute atomic E-state index is 3.56. The predicted molar refractivity (Wildman–Crippen MR) is 84.5 cm³/mol. The number of anilines is 1. The van der Waals surface area contributed by atoms with Crippen molar-refractivity contribution in [3.8, 4) is 0 Å². The first-order valence-corrected chi connectivity index (χ1v) is 7.08. The number of fused-ring (bicyclic) bond motifs is 1. The first-order valence-electron chi connectivity index (χ1n) is 6.29. The van der Waals surface area contributed by atoms with Crippen molar-refractivity contribution in [3.63, 3.8) is 0 Å². The van der Waals surface area contributed by atoms with Gasteiger partial charge in [-0.25, -0.2) is 0 Å². The Labute approximate surface area is 121 Å². The Balaban J connectivity index is 1.80. The lowest BCUT2D eigenvalue weighted by molar-refractivity contribution is 1.16. The van der Waals surface area contributed by atoms with Crippen LogP contribution in [-0.4, -0.2) is 4.98 Å². The lowest BCUT2D eigenvalue weighted by Gasteiger charge is -2.07. The fourth-order valence-corrected chi connectivity index (χ4v) is 2.56. The van der Waals surface area contributed by atoms with E-state index >= 15 is 0 Å². The van der Waals surface area contributed by atoms with E-state index in [0.717, 1.165) is 16.7 Å². The number of hydrogen-bond donors (Lipinski definition) is 2. The Morgan fingerprint density at radius 2 is 2.00 bits per heavy atom. The summed E-state index contributed by atoms with van der Waals surface area (Å²) < 4.78 is 1.14. The first kappa shape index (κ1) is 12.3. The number of benzene rings is 2. The van der Waals surface area contributed by atoms with Crippen LogP contribution >= 0.6 is 15.9 Å². The molecule has 3 aromatic rings. The number of para-hydroxylation sites is 1. The van der Waals surface area contributed by atoms with Gasteiger partial charge in [0.25, 0.3) is 0 Å². The minimum atomic E-state index is 0.819. The predicted octanol–water partition coefficient (Wildman–Crippen LogP) is 4.85. The Morgan fingerprint density at radius 3 is 2.84 bits per heavy atom. The smallest absolute Gasteiger partial charge is 0.0457 e.